The van der Waals surface area contributed by atoms with Gasteiger partial charge >= 0.3 is 6.03 Å². The van der Waals surface area contributed by atoms with E-state index in [0.29, 0.717) is 35.2 Å². The van der Waals surface area contributed by atoms with Crippen LogP contribution >= 0.6 is 11.3 Å². The van der Waals surface area contributed by atoms with Gasteiger partial charge in [0, 0.05) is 11.3 Å². The summed E-state index contributed by atoms with van der Waals surface area (Å²) in [5.41, 5.74) is 3.52. The van der Waals surface area contributed by atoms with Crippen LogP contribution in [0.1, 0.15) is 6.92 Å². The fraction of sp³-hybridized carbons (Fsp3) is 0.0833. The third kappa shape index (κ3) is 4.39. The van der Waals surface area contributed by atoms with Crippen LogP contribution in [0.15, 0.2) is 78.2 Å². The maximum Gasteiger partial charge on any atom is 0.323 e. The number of fused-ring (bicyclic) bond motifs is 1. The van der Waals surface area contributed by atoms with Crippen LogP contribution in [0.3, 0.4) is 0 Å². The molecule has 2 amide bonds. The largest absolute Gasteiger partial charge is 0.492 e. The number of hydrogen-bond acceptors (Lipinski definition) is 6. The molecule has 33 heavy (non-hydrogen) atoms. The molecule has 0 fully saturated rings. The molecule has 0 atom stereocenters. The van der Waals surface area contributed by atoms with Gasteiger partial charge in [-0.15, -0.1) is 21.5 Å². The van der Waals surface area contributed by atoms with Gasteiger partial charge in [0.2, 0.25) is 0 Å². The highest BCUT2D eigenvalue weighted by molar-refractivity contribution is 7.13. The molecule has 0 unspecified atom stereocenters. The molecule has 8 nitrogen and oxygen atoms in total. The predicted octanol–water partition coefficient (Wildman–Crippen LogP) is 5.56. The molecule has 0 saturated heterocycles. The van der Waals surface area contributed by atoms with Crippen molar-refractivity contribution in [2.75, 3.05) is 17.2 Å². The predicted molar refractivity (Wildman–Crippen MR) is 130 cm³/mol. The lowest BCUT2D eigenvalue weighted by molar-refractivity contribution is 0.262. The Kier molecular flexibility index (Phi) is 5.69. The molecule has 3 heterocycles. The number of aromatic nitrogens is 4. The van der Waals surface area contributed by atoms with E-state index in [1.165, 1.54) is 0 Å². The van der Waals surface area contributed by atoms with Gasteiger partial charge in [0.05, 0.1) is 22.9 Å². The third-order valence-corrected chi connectivity index (χ3v) is 5.72. The quantitative estimate of drug-likeness (QED) is 0.349. The lowest BCUT2D eigenvalue weighted by atomic mass is 10.1. The number of rotatable bonds is 6. The number of carbonyl (C=O) groups excluding carboxylic acids is 1. The topological polar surface area (TPSA) is 93.4 Å². The van der Waals surface area contributed by atoms with Gasteiger partial charge in [0.15, 0.2) is 11.5 Å². The van der Waals surface area contributed by atoms with E-state index in [1.54, 1.807) is 21.9 Å². The van der Waals surface area contributed by atoms with E-state index in [2.05, 4.69) is 20.8 Å². The van der Waals surface area contributed by atoms with E-state index >= 15 is 0 Å². The number of thiophene rings is 1. The van der Waals surface area contributed by atoms with E-state index in [0.717, 1.165) is 16.1 Å². The van der Waals surface area contributed by atoms with E-state index in [4.69, 9.17) is 9.84 Å². The fourth-order valence-corrected chi connectivity index (χ4v) is 4.09. The van der Waals surface area contributed by atoms with Crippen molar-refractivity contribution in [3.05, 3.63) is 78.2 Å². The molecule has 164 valence electrons. The smallest absolute Gasteiger partial charge is 0.323 e. The zero-order valence-electron chi connectivity index (χ0n) is 17.7. The first kappa shape index (κ1) is 20.7. The van der Waals surface area contributed by atoms with Gasteiger partial charge in [-0.1, -0.05) is 30.3 Å². The Morgan fingerprint density at radius 1 is 1.00 bits per heavy atom. The molecule has 2 N–H and O–H groups in total. The Labute approximate surface area is 193 Å². The number of urea groups is 1. The van der Waals surface area contributed by atoms with Gasteiger partial charge in [0.25, 0.3) is 0 Å². The summed E-state index contributed by atoms with van der Waals surface area (Å²) in [6, 6.07) is 22.2. The first-order chi connectivity index (χ1) is 16.2. The summed E-state index contributed by atoms with van der Waals surface area (Å²) >= 11 is 1.58. The number of nitrogens with one attached hydrogen (secondary N) is 2. The van der Waals surface area contributed by atoms with Crippen molar-refractivity contribution in [1.29, 1.82) is 0 Å². The molecular weight excluding hydrogens is 436 g/mol. The zero-order valence-corrected chi connectivity index (χ0v) is 18.5. The number of amides is 2. The maximum absolute atomic E-state index is 12.6. The molecule has 0 aliphatic rings. The summed E-state index contributed by atoms with van der Waals surface area (Å²) < 4.78 is 7.30. The number of carbonyl (C=O) groups is 1. The fourth-order valence-electron chi connectivity index (χ4n) is 3.39. The van der Waals surface area contributed by atoms with Gasteiger partial charge in [-0.25, -0.2) is 4.79 Å². The molecule has 0 saturated carbocycles. The average molecular weight is 457 g/mol. The second-order valence-electron chi connectivity index (χ2n) is 7.08. The normalized spacial score (nSPS) is 10.8. The van der Waals surface area contributed by atoms with Crippen molar-refractivity contribution in [2.45, 2.75) is 6.92 Å². The van der Waals surface area contributed by atoms with Crippen LogP contribution < -0.4 is 15.4 Å². The number of para-hydroxylation sites is 2. The third-order valence-electron chi connectivity index (χ3n) is 4.86. The van der Waals surface area contributed by atoms with Crippen molar-refractivity contribution < 1.29 is 9.53 Å². The number of nitrogens with zero attached hydrogens (tertiary/aromatic N) is 4. The maximum atomic E-state index is 12.6. The number of benzene rings is 2. The minimum absolute atomic E-state index is 0.360. The van der Waals surface area contributed by atoms with Crippen LogP contribution in [0, 0.1) is 0 Å². The van der Waals surface area contributed by atoms with Crippen molar-refractivity contribution in [2.24, 2.45) is 0 Å². The number of ether oxygens (including phenoxy) is 1. The molecular formula is C24H20N6O2S. The van der Waals surface area contributed by atoms with Gasteiger partial charge in [-0.2, -0.15) is 9.61 Å². The van der Waals surface area contributed by atoms with E-state index in [9.17, 15) is 4.79 Å². The summed E-state index contributed by atoms with van der Waals surface area (Å²) in [6.45, 7) is 2.41. The summed E-state index contributed by atoms with van der Waals surface area (Å²) in [5.74, 6) is 1.32. The molecule has 0 aliphatic carbocycles. The second kappa shape index (κ2) is 9.09. The number of hydrogen-bond donors (Lipinski definition) is 2. The highest BCUT2D eigenvalue weighted by Gasteiger charge is 2.12. The molecule has 5 rings (SSSR count). The van der Waals surface area contributed by atoms with Crippen molar-refractivity contribution in [3.63, 3.8) is 0 Å². The summed E-state index contributed by atoms with van der Waals surface area (Å²) in [5, 5.41) is 20.9. The molecule has 0 aliphatic heterocycles. The van der Waals surface area contributed by atoms with Gasteiger partial charge < -0.3 is 15.4 Å². The van der Waals surface area contributed by atoms with Crippen molar-refractivity contribution in [1.82, 2.24) is 19.8 Å². The molecule has 3 aromatic heterocycles. The van der Waals surface area contributed by atoms with E-state index in [1.807, 2.05) is 79.0 Å². The van der Waals surface area contributed by atoms with Gasteiger partial charge in [-0.3, -0.25) is 0 Å². The van der Waals surface area contributed by atoms with Crippen LogP contribution in [-0.4, -0.2) is 32.4 Å². The molecule has 0 radical (unpaired) electrons. The first-order valence-electron chi connectivity index (χ1n) is 10.4. The first-order valence-corrected chi connectivity index (χ1v) is 11.3. The Morgan fingerprint density at radius 2 is 1.91 bits per heavy atom. The minimum Gasteiger partial charge on any atom is -0.492 e. The van der Waals surface area contributed by atoms with Crippen LogP contribution in [-0.2, 0) is 0 Å². The van der Waals surface area contributed by atoms with Crippen LogP contribution in [0.25, 0.3) is 27.6 Å². The lowest BCUT2D eigenvalue weighted by Gasteiger charge is -2.12. The molecule has 0 spiro atoms. The Bertz CT molecular complexity index is 1410. The standard InChI is InChI=1S/C24H20N6O2S/c1-2-32-20-10-4-3-9-19(20)26-24(31)25-17-8-5-7-16(15-17)18-12-13-22-27-28-23(30(22)29-18)21-11-6-14-33-21/h3-15H,2H2,1H3,(H2,25,26,31). The van der Waals surface area contributed by atoms with Crippen LogP contribution in [0.5, 0.6) is 5.75 Å². The van der Waals surface area contributed by atoms with Gasteiger partial charge in [-0.05, 0) is 54.8 Å². The highest BCUT2D eigenvalue weighted by atomic mass is 32.1. The second-order valence-corrected chi connectivity index (χ2v) is 8.03. The summed E-state index contributed by atoms with van der Waals surface area (Å²) in [4.78, 5) is 13.6. The number of anilines is 2. The molecule has 2 aromatic carbocycles. The van der Waals surface area contributed by atoms with Crippen molar-refractivity contribution in [3.8, 4) is 27.7 Å². The minimum atomic E-state index is -0.360. The zero-order chi connectivity index (χ0) is 22.6. The van der Waals surface area contributed by atoms with Crippen LogP contribution in [0.2, 0.25) is 0 Å². The molecule has 9 heteroatoms. The summed E-state index contributed by atoms with van der Waals surface area (Å²) in [6.07, 6.45) is 0. The van der Waals surface area contributed by atoms with E-state index in [-0.39, 0.29) is 6.03 Å². The highest BCUT2D eigenvalue weighted by Crippen LogP contribution is 2.26. The van der Waals surface area contributed by atoms with Crippen LogP contribution in [0.4, 0.5) is 16.2 Å². The molecule has 5 aromatic rings. The average Bonchev–Trinajstić information content (AvgIpc) is 3.50. The lowest BCUT2D eigenvalue weighted by Crippen LogP contribution is -2.20. The monoisotopic (exact) mass is 456 g/mol. The summed E-state index contributed by atoms with van der Waals surface area (Å²) in [7, 11) is 0. The SMILES string of the molecule is CCOc1ccccc1NC(=O)Nc1cccc(-c2ccc3nnc(-c4cccs4)n3n2)c1. The van der Waals surface area contributed by atoms with Gasteiger partial charge in [0.1, 0.15) is 5.75 Å². The van der Waals surface area contributed by atoms with E-state index < -0.39 is 0 Å². The molecule has 0 bridgehead atoms. The Hall–Kier alpha value is -4.24. The Balaban J connectivity index is 1.38. The van der Waals surface area contributed by atoms with Crippen molar-refractivity contribution >= 4 is 34.4 Å². The Morgan fingerprint density at radius 3 is 2.76 bits per heavy atom.